The van der Waals surface area contributed by atoms with Crippen LogP contribution in [0, 0.1) is 0 Å². The molecule has 2 rings (SSSR count). The monoisotopic (exact) mass is 231 g/mol. The number of unbranched alkanes of at least 4 members (excludes halogenated alkanes) is 1. The van der Waals surface area contributed by atoms with Gasteiger partial charge in [0.2, 0.25) is 0 Å². The molecule has 0 bridgehead atoms. The third kappa shape index (κ3) is 3.01. The van der Waals surface area contributed by atoms with Crippen molar-refractivity contribution < 1.29 is 0 Å². The van der Waals surface area contributed by atoms with E-state index in [2.05, 4.69) is 53.4 Å². The van der Waals surface area contributed by atoms with Gasteiger partial charge in [0.15, 0.2) is 0 Å². The maximum Gasteiger partial charge on any atom is 0.0941 e. The molecule has 0 radical (unpaired) electrons. The van der Waals surface area contributed by atoms with Gasteiger partial charge in [-0.2, -0.15) is 0 Å². The summed E-state index contributed by atoms with van der Waals surface area (Å²) in [6.07, 6.45) is 6.82. The van der Waals surface area contributed by atoms with Crippen molar-refractivity contribution in [3.8, 4) is 0 Å². The van der Waals surface area contributed by atoms with Crippen molar-refractivity contribution in [1.29, 1.82) is 0 Å². The fourth-order valence-electron chi connectivity index (χ4n) is 1.96. The van der Waals surface area contributed by atoms with Gasteiger partial charge < -0.3 is 15.5 Å². The lowest BCUT2D eigenvalue weighted by Gasteiger charge is -2.21. The molecule has 0 saturated heterocycles. The Morgan fingerprint density at radius 3 is 2.59 bits per heavy atom. The largest absolute Gasteiger partial charge is 0.358 e. The molecule has 3 heteroatoms. The molecule has 0 fully saturated rings. The minimum absolute atomic E-state index is 0.610. The van der Waals surface area contributed by atoms with Gasteiger partial charge in [0.05, 0.1) is 6.67 Å². The lowest BCUT2D eigenvalue weighted by Crippen LogP contribution is -2.25. The average Bonchev–Trinajstić information content (AvgIpc) is 2.85. The second kappa shape index (κ2) is 5.73. The molecule has 0 aliphatic carbocycles. The number of hydrogen-bond acceptors (Lipinski definition) is 3. The molecule has 3 nitrogen and oxygen atoms in total. The predicted molar refractivity (Wildman–Crippen MR) is 72.4 cm³/mol. The Kier molecular flexibility index (Phi) is 4.04. The molecule has 1 aliphatic rings. The molecule has 92 valence electrons. The van der Waals surface area contributed by atoms with E-state index in [9.17, 15) is 0 Å². The molecule has 0 unspecified atom stereocenters. The Hall–Kier alpha value is -1.48. The first-order valence-corrected chi connectivity index (χ1v) is 6.31. The highest BCUT2D eigenvalue weighted by Gasteiger charge is 2.12. The van der Waals surface area contributed by atoms with E-state index < -0.39 is 0 Å². The summed E-state index contributed by atoms with van der Waals surface area (Å²) in [5.41, 5.74) is 8.01. The van der Waals surface area contributed by atoms with Gasteiger partial charge in [-0.1, -0.05) is 25.5 Å². The molecule has 17 heavy (non-hydrogen) atoms. The molecule has 1 aromatic carbocycles. The molecular weight excluding hydrogens is 210 g/mol. The van der Waals surface area contributed by atoms with E-state index in [-0.39, 0.29) is 0 Å². The summed E-state index contributed by atoms with van der Waals surface area (Å²) in [7, 11) is 0. The highest BCUT2D eigenvalue weighted by molar-refractivity contribution is 5.51. The van der Waals surface area contributed by atoms with E-state index in [1.165, 1.54) is 24.1 Å². The second-order valence-electron chi connectivity index (χ2n) is 4.45. The summed E-state index contributed by atoms with van der Waals surface area (Å²) >= 11 is 0. The molecule has 0 aromatic heterocycles. The van der Waals surface area contributed by atoms with Crippen molar-refractivity contribution in [3.63, 3.8) is 0 Å². The SMILES string of the molecule is CCCCN1C=CN(c2ccc(CN)cc2)C1. The van der Waals surface area contributed by atoms with Crippen LogP contribution in [0.3, 0.4) is 0 Å². The van der Waals surface area contributed by atoms with Gasteiger partial charge in [0.1, 0.15) is 0 Å². The normalized spacial score (nSPS) is 14.7. The van der Waals surface area contributed by atoms with Crippen LogP contribution in [-0.4, -0.2) is 18.1 Å². The minimum Gasteiger partial charge on any atom is -0.358 e. The van der Waals surface area contributed by atoms with Gasteiger partial charge in [0, 0.05) is 31.2 Å². The Balaban J connectivity index is 1.93. The number of nitrogens with two attached hydrogens (primary N) is 1. The quantitative estimate of drug-likeness (QED) is 0.845. The van der Waals surface area contributed by atoms with Crippen LogP contribution in [0.1, 0.15) is 25.3 Å². The van der Waals surface area contributed by atoms with E-state index in [1.807, 2.05) is 0 Å². The van der Waals surface area contributed by atoms with Gasteiger partial charge in [-0.3, -0.25) is 0 Å². The van der Waals surface area contributed by atoms with E-state index in [1.54, 1.807) is 0 Å². The fraction of sp³-hybridized carbons (Fsp3) is 0.429. The molecule has 0 atom stereocenters. The van der Waals surface area contributed by atoms with Crippen molar-refractivity contribution in [3.05, 3.63) is 42.2 Å². The van der Waals surface area contributed by atoms with Crippen molar-refractivity contribution in [1.82, 2.24) is 4.90 Å². The molecular formula is C14H21N3. The van der Waals surface area contributed by atoms with E-state index in [0.717, 1.165) is 13.2 Å². The third-order valence-corrected chi connectivity index (χ3v) is 3.09. The van der Waals surface area contributed by atoms with Crippen LogP contribution in [0.2, 0.25) is 0 Å². The zero-order chi connectivity index (χ0) is 12.1. The smallest absolute Gasteiger partial charge is 0.0941 e. The van der Waals surface area contributed by atoms with E-state index in [4.69, 9.17) is 5.73 Å². The first kappa shape index (κ1) is 12.0. The highest BCUT2D eigenvalue weighted by atomic mass is 15.3. The summed E-state index contributed by atoms with van der Waals surface area (Å²) in [4.78, 5) is 4.61. The first-order chi connectivity index (χ1) is 8.33. The number of benzene rings is 1. The fourth-order valence-corrected chi connectivity index (χ4v) is 1.96. The van der Waals surface area contributed by atoms with Crippen LogP contribution in [0.4, 0.5) is 5.69 Å². The summed E-state index contributed by atoms with van der Waals surface area (Å²) in [5.74, 6) is 0. The molecule has 1 aliphatic heterocycles. The highest BCUT2D eigenvalue weighted by Crippen LogP contribution is 2.19. The Morgan fingerprint density at radius 2 is 1.94 bits per heavy atom. The zero-order valence-electron chi connectivity index (χ0n) is 10.5. The number of anilines is 1. The summed E-state index contributed by atoms with van der Waals surface area (Å²) in [6, 6.07) is 8.46. The maximum atomic E-state index is 5.59. The van der Waals surface area contributed by atoms with Crippen LogP contribution in [0.25, 0.3) is 0 Å². The van der Waals surface area contributed by atoms with Crippen LogP contribution in [0.5, 0.6) is 0 Å². The van der Waals surface area contributed by atoms with Crippen molar-refractivity contribution >= 4 is 5.69 Å². The molecule has 1 heterocycles. The Morgan fingerprint density at radius 1 is 1.18 bits per heavy atom. The number of hydrogen-bond donors (Lipinski definition) is 1. The molecule has 0 amide bonds. The van der Waals surface area contributed by atoms with Crippen molar-refractivity contribution in [2.24, 2.45) is 5.73 Å². The lowest BCUT2D eigenvalue weighted by atomic mass is 10.2. The first-order valence-electron chi connectivity index (χ1n) is 6.31. The van der Waals surface area contributed by atoms with Gasteiger partial charge in [-0.25, -0.2) is 0 Å². The van der Waals surface area contributed by atoms with Crippen LogP contribution < -0.4 is 10.6 Å². The summed E-state index contributed by atoms with van der Waals surface area (Å²) in [5, 5.41) is 0. The van der Waals surface area contributed by atoms with Gasteiger partial charge in [0.25, 0.3) is 0 Å². The Bertz CT molecular complexity index is 370. The molecule has 2 N–H and O–H groups in total. The summed E-state index contributed by atoms with van der Waals surface area (Å²) < 4.78 is 0. The maximum absolute atomic E-state index is 5.59. The Labute approximate surface area is 104 Å². The topological polar surface area (TPSA) is 32.5 Å². The van der Waals surface area contributed by atoms with Gasteiger partial charge in [-0.15, -0.1) is 0 Å². The minimum atomic E-state index is 0.610. The molecule has 1 aromatic rings. The standard InChI is InChI=1S/C14H21N3/c1-2-3-8-16-9-10-17(12-16)14-6-4-13(11-15)5-7-14/h4-7,9-10H,2-3,8,11-12,15H2,1H3. The second-order valence-corrected chi connectivity index (χ2v) is 4.45. The predicted octanol–water partition coefficient (Wildman–Crippen LogP) is 2.50. The van der Waals surface area contributed by atoms with Gasteiger partial charge >= 0.3 is 0 Å². The third-order valence-electron chi connectivity index (χ3n) is 3.09. The molecule has 0 saturated carbocycles. The van der Waals surface area contributed by atoms with Crippen LogP contribution >= 0.6 is 0 Å². The van der Waals surface area contributed by atoms with Crippen LogP contribution in [0.15, 0.2) is 36.7 Å². The average molecular weight is 231 g/mol. The number of nitrogens with zero attached hydrogens (tertiary/aromatic N) is 2. The van der Waals surface area contributed by atoms with Crippen LogP contribution in [-0.2, 0) is 6.54 Å². The lowest BCUT2D eigenvalue weighted by molar-refractivity contribution is 0.396. The molecule has 0 spiro atoms. The van der Waals surface area contributed by atoms with Crippen molar-refractivity contribution in [2.45, 2.75) is 26.3 Å². The zero-order valence-corrected chi connectivity index (χ0v) is 10.5. The summed E-state index contributed by atoms with van der Waals surface area (Å²) in [6.45, 7) is 4.94. The van der Waals surface area contributed by atoms with E-state index in [0.29, 0.717) is 6.54 Å². The van der Waals surface area contributed by atoms with Gasteiger partial charge in [-0.05, 0) is 24.1 Å². The number of rotatable bonds is 5. The van der Waals surface area contributed by atoms with Crippen molar-refractivity contribution in [2.75, 3.05) is 18.1 Å². The van der Waals surface area contributed by atoms with E-state index >= 15 is 0 Å².